The average Bonchev–Trinajstić information content (AvgIpc) is 3.01. The molecule has 0 saturated carbocycles. The Morgan fingerprint density at radius 1 is 0.395 bits per heavy atom. The summed E-state index contributed by atoms with van der Waals surface area (Å²) < 4.78 is 0. The van der Waals surface area contributed by atoms with E-state index in [9.17, 15) is 20.4 Å². The number of aliphatic hydroxyl groups excluding tert-OH is 2. The number of aliphatic hydroxyl groups is 2. The second kappa shape index (κ2) is 15.2. The van der Waals surface area contributed by atoms with E-state index in [0.29, 0.717) is 24.3 Å². The van der Waals surface area contributed by atoms with E-state index in [1.165, 1.54) is 33.4 Å². The molecule has 4 rings (SSSR count). The molecule has 0 fully saturated rings. The second-order valence-electron chi connectivity index (χ2n) is 11.6. The highest BCUT2D eigenvalue weighted by atomic mass is 16.3. The van der Waals surface area contributed by atoms with Gasteiger partial charge in [0, 0.05) is 13.2 Å². The third kappa shape index (κ3) is 7.87. The van der Waals surface area contributed by atoms with Crippen molar-refractivity contribution < 1.29 is 20.4 Å². The summed E-state index contributed by atoms with van der Waals surface area (Å²) in [6.45, 7) is 8.50. The Balaban J connectivity index is 1.66. The maximum atomic E-state index is 10.6. The summed E-state index contributed by atoms with van der Waals surface area (Å²) in [5, 5.41) is 40.7. The van der Waals surface area contributed by atoms with Gasteiger partial charge in [-0.2, -0.15) is 0 Å². The second-order valence-corrected chi connectivity index (χ2v) is 11.6. The van der Waals surface area contributed by atoms with E-state index >= 15 is 0 Å². The summed E-state index contributed by atoms with van der Waals surface area (Å²) in [6, 6.07) is 21.7. The molecule has 4 aromatic rings. The predicted molar refractivity (Wildman–Crippen MR) is 177 cm³/mol. The Morgan fingerprint density at radius 3 is 1.02 bits per heavy atom. The number of phenolic OH excluding ortho intramolecular Hbond substituents is 2. The maximum Gasteiger partial charge on any atom is 0.121 e. The molecule has 0 amide bonds. The van der Waals surface area contributed by atoms with Crippen LogP contribution in [0.5, 0.6) is 11.5 Å². The van der Waals surface area contributed by atoms with Crippen molar-refractivity contribution in [2.75, 3.05) is 13.2 Å². The summed E-state index contributed by atoms with van der Waals surface area (Å²) in [5.74, 6) is 0.838. The molecule has 0 unspecified atom stereocenters. The standard InChI is InChI=1S/C39H48O4/c1-5-30-20-28(21-31(6-2)38(30)42)24-36-18-26(9-11-34(36)13-15-40)17-27-10-12-35(14-16-41)37(19-27)25-29-22-32(7-3)39(43)33(8-4)23-29/h9-12,18-23,40-43H,5-8,13-17,24-25H2,1-4H3. The van der Waals surface area contributed by atoms with E-state index in [2.05, 4.69) is 88.4 Å². The smallest absolute Gasteiger partial charge is 0.121 e. The molecule has 4 heteroatoms. The van der Waals surface area contributed by atoms with Gasteiger partial charge in [-0.25, -0.2) is 0 Å². The quantitative estimate of drug-likeness (QED) is 0.127. The summed E-state index contributed by atoms with van der Waals surface area (Å²) in [7, 11) is 0. The Hall–Kier alpha value is -3.60. The molecule has 0 aliphatic rings. The third-order valence-corrected chi connectivity index (χ3v) is 8.68. The van der Waals surface area contributed by atoms with Gasteiger partial charge in [0.05, 0.1) is 0 Å². The fraction of sp³-hybridized carbons (Fsp3) is 0.385. The van der Waals surface area contributed by atoms with Crippen molar-refractivity contribution in [3.63, 3.8) is 0 Å². The van der Waals surface area contributed by atoms with Gasteiger partial charge in [0.2, 0.25) is 0 Å². The number of aromatic hydroxyl groups is 2. The summed E-state index contributed by atoms with van der Waals surface area (Å²) >= 11 is 0. The van der Waals surface area contributed by atoms with Gasteiger partial charge in [0.25, 0.3) is 0 Å². The summed E-state index contributed by atoms with van der Waals surface area (Å²) in [4.78, 5) is 0. The molecule has 4 aromatic carbocycles. The SMILES string of the molecule is CCc1cc(Cc2cc(Cc3ccc(CCO)c(Cc4cc(CC)c(O)c(CC)c4)c3)ccc2CCO)cc(CC)c1O. The Kier molecular flexibility index (Phi) is 11.4. The van der Waals surface area contributed by atoms with Gasteiger partial charge in [0.1, 0.15) is 11.5 Å². The fourth-order valence-corrected chi connectivity index (χ4v) is 6.26. The van der Waals surface area contributed by atoms with E-state index in [-0.39, 0.29) is 13.2 Å². The van der Waals surface area contributed by atoms with E-state index < -0.39 is 0 Å². The van der Waals surface area contributed by atoms with Gasteiger partial charge >= 0.3 is 0 Å². The first-order valence-electron chi connectivity index (χ1n) is 15.9. The first kappa shape index (κ1) is 32.3. The lowest BCUT2D eigenvalue weighted by molar-refractivity contribution is 0.299. The van der Waals surface area contributed by atoms with Crippen LogP contribution < -0.4 is 0 Å². The van der Waals surface area contributed by atoms with E-state index in [4.69, 9.17) is 0 Å². The predicted octanol–water partition coefficient (Wildman–Crippen LogP) is 7.19. The van der Waals surface area contributed by atoms with Crippen LogP contribution in [0.2, 0.25) is 0 Å². The molecule has 0 saturated heterocycles. The van der Waals surface area contributed by atoms with Crippen molar-refractivity contribution >= 4 is 0 Å². The van der Waals surface area contributed by atoms with Crippen molar-refractivity contribution in [2.45, 2.75) is 85.5 Å². The van der Waals surface area contributed by atoms with Crippen molar-refractivity contribution in [1.29, 1.82) is 0 Å². The number of rotatable bonds is 14. The maximum absolute atomic E-state index is 10.6. The average molecular weight is 581 g/mol. The summed E-state index contributed by atoms with van der Waals surface area (Å²) in [5.41, 5.74) is 13.5. The van der Waals surface area contributed by atoms with Crippen LogP contribution in [-0.4, -0.2) is 33.6 Å². The molecule has 0 aliphatic heterocycles. The van der Waals surface area contributed by atoms with E-state index in [1.807, 2.05) is 0 Å². The van der Waals surface area contributed by atoms with Crippen molar-refractivity contribution in [2.24, 2.45) is 0 Å². The minimum atomic E-state index is 0.106. The molecule has 0 aliphatic carbocycles. The molecule has 43 heavy (non-hydrogen) atoms. The molecule has 0 atom stereocenters. The van der Waals surface area contributed by atoms with Gasteiger partial charge in [-0.1, -0.05) is 88.4 Å². The fourth-order valence-electron chi connectivity index (χ4n) is 6.26. The van der Waals surface area contributed by atoms with E-state index in [0.717, 1.165) is 78.3 Å². The van der Waals surface area contributed by atoms with Gasteiger partial charge in [-0.15, -0.1) is 0 Å². The first-order valence-corrected chi connectivity index (χ1v) is 15.9. The molecular weight excluding hydrogens is 532 g/mol. The Bertz CT molecular complexity index is 1370. The summed E-state index contributed by atoms with van der Waals surface area (Å²) in [6.07, 6.45) is 6.66. The topological polar surface area (TPSA) is 80.9 Å². The van der Waals surface area contributed by atoms with Crippen LogP contribution in [0.25, 0.3) is 0 Å². The number of hydrogen-bond donors (Lipinski definition) is 4. The van der Waals surface area contributed by atoms with Crippen molar-refractivity contribution in [1.82, 2.24) is 0 Å². The lowest BCUT2D eigenvalue weighted by Gasteiger charge is -2.16. The van der Waals surface area contributed by atoms with Gasteiger partial charge in [-0.05, 0) is 125 Å². The third-order valence-electron chi connectivity index (χ3n) is 8.68. The van der Waals surface area contributed by atoms with Crippen LogP contribution in [0.4, 0.5) is 0 Å². The lowest BCUT2D eigenvalue weighted by atomic mass is 9.90. The van der Waals surface area contributed by atoms with Gasteiger partial charge in [-0.3, -0.25) is 0 Å². The van der Waals surface area contributed by atoms with Crippen LogP contribution in [0.1, 0.15) is 94.5 Å². The Morgan fingerprint density at radius 2 is 0.721 bits per heavy atom. The normalized spacial score (nSPS) is 11.3. The molecule has 0 heterocycles. The Labute approximate surface area is 257 Å². The minimum Gasteiger partial charge on any atom is -0.507 e. The van der Waals surface area contributed by atoms with Crippen LogP contribution in [0, 0.1) is 0 Å². The molecule has 228 valence electrons. The van der Waals surface area contributed by atoms with Crippen LogP contribution >= 0.6 is 0 Å². The van der Waals surface area contributed by atoms with Crippen molar-refractivity contribution in [3.05, 3.63) is 127 Å². The van der Waals surface area contributed by atoms with Crippen LogP contribution in [0.15, 0.2) is 60.7 Å². The zero-order chi connectivity index (χ0) is 30.9. The number of phenols is 2. The largest absolute Gasteiger partial charge is 0.507 e. The highest BCUT2D eigenvalue weighted by Crippen LogP contribution is 2.30. The monoisotopic (exact) mass is 580 g/mol. The highest BCUT2D eigenvalue weighted by molar-refractivity contribution is 5.48. The zero-order valence-corrected chi connectivity index (χ0v) is 26.3. The van der Waals surface area contributed by atoms with Crippen LogP contribution in [0.3, 0.4) is 0 Å². The van der Waals surface area contributed by atoms with Crippen molar-refractivity contribution in [3.8, 4) is 11.5 Å². The molecular formula is C39H48O4. The highest BCUT2D eigenvalue weighted by Gasteiger charge is 2.14. The number of hydrogen-bond acceptors (Lipinski definition) is 4. The molecule has 4 nitrogen and oxygen atoms in total. The lowest BCUT2D eigenvalue weighted by Crippen LogP contribution is -2.04. The minimum absolute atomic E-state index is 0.106. The molecule has 0 spiro atoms. The number of benzene rings is 4. The molecule has 0 aromatic heterocycles. The molecule has 0 bridgehead atoms. The zero-order valence-electron chi connectivity index (χ0n) is 26.3. The molecule has 0 radical (unpaired) electrons. The van der Waals surface area contributed by atoms with Crippen LogP contribution in [-0.2, 0) is 57.8 Å². The van der Waals surface area contributed by atoms with E-state index in [1.54, 1.807) is 0 Å². The van der Waals surface area contributed by atoms with Gasteiger partial charge < -0.3 is 20.4 Å². The molecule has 4 N–H and O–H groups in total. The number of aryl methyl sites for hydroxylation is 4. The first-order chi connectivity index (χ1) is 20.8. The van der Waals surface area contributed by atoms with Gasteiger partial charge in [0.15, 0.2) is 0 Å².